The molecule has 0 aromatic carbocycles. The Kier molecular flexibility index (Phi) is 2.85. The van der Waals surface area contributed by atoms with Gasteiger partial charge in [-0.1, -0.05) is 0 Å². The second kappa shape index (κ2) is 4.15. The van der Waals surface area contributed by atoms with Crippen molar-refractivity contribution < 1.29 is 32.0 Å². The lowest BCUT2D eigenvalue weighted by Gasteiger charge is -2.56. The Labute approximate surface area is 128 Å². The van der Waals surface area contributed by atoms with Crippen LogP contribution in [0.25, 0.3) is 0 Å². The first-order chi connectivity index (χ1) is 10.1. The minimum absolute atomic E-state index is 0.0610. The van der Waals surface area contributed by atoms with E-state index in [4.69, 9.17) is 18.4 Å². The number of carbonyl (C=O) groups excluding carboxylic acids is 1. The molecule has 22 heavy (non-hydrogen) atoms. The van der Waals surface area contributed by atoms with E-state index < -0.39 is 34.1 Å². The quantitative estimate of drug-likeness (QED) is 0.682. The molecule has 0 radical (unpaired) electrons. The van der Waals surface area contributed by atoms with Gasteiger partial charge in [-0.25, -0.2) is 0 Å². The molecule has 1 spiro atoms. The van der Waals surface area contributed by atoms with Crippen LogP contribution in [0.2, 0.25) is 0 Å². The van der Waals surface area contributed by atoms with Crippen LogP contribution < -0.4 is 0 Å². The molecule has 126 valence electrons. The number of ether oxygens (including phenoxy) is 1. The summed E-state index contributed by atoms with van der Waals surface area (Å²) in [6.45, 7) is -1.48. The number of fused-ring (bicyclic) bond motifs is 2. The molecular weight excluding hydrogens is 318 g/mol. The fourth-order valence-electron chi connectivity index (χ4n) is 6.12. The van der Waals surface area contributed by atoms with Crippen LogP contribution in [0.4, 0.5) is 8.78 Å². The fourth-order valence-corrected chi connectivity index (χ4v) is 6.33. The Balaban J connectivity index is 1.51. The van der Waals surface area contributed by atoms with Gasteiger partial charge in [0.25, 0.3) is 0 Å². The van der Waals surface area contributed by atoms with Gasteiger partial charge >= 0.3 is 11.2 Å². The predicted molar refractivity (Wildman–Crippen MR) is 74.4 cm³/mol. The molecule has 4 fully saturated rings. The van der Waals surface area contributed by atoms with Crippen LogP contribution in [0.3, 0.4) is 0 Å². The zero-order chi connectivity index (χ0) is 16.0. The van der Waals surface area contributed by atoms with E-state index in [1.54, 1.807) is 0 Å². The average molecular weight is 338 g/mol. The van der Waals surface area contributed by atoms with Crippen LogP contribution in [0.15, 0.2) is 0 Å². The first kappa shape index (κ1) is 15.1. The molecule has 5 unspecified atom stereocenters. The highest BCUT2D eigenvalue weighted by molar-refractivity contribution is 8.20. The molecule has 0 amide bonds. The lowest BCUT2D eigenvalue weighted by atomic mass is 9.46. The van der Waals surface area contributed by atoms with E-state index in [0.29, 0.717) is 30.6 Å². The van der Waals surface area contributed by atoms with Gasteiger partial charge in [0.05, 0.1) is 5.41 Å². The molecule has 3 bridgehead atoms. The Hall–Kier alpha value is -0.440. The van der Waals surface area contributed by atoms with Crippen molar-refractivity contribution >= 4 is 16.8 Å². The van der Waals surface area contributed by atoms with E-state index in [0.717, 1.165) is 25.7 Å². The zero-order valence-electron chi connectivity index (χ0n) is 12.0. The second-order valence-corrected chi connectivity index (χ2v) is 9.32. The molecule has 0 aliphatic heterocycles. The van der Waals surface area contributed by atoms with E-state index in [-0.39, 0.29) is 5.41 Å². The van der Waals surface area contributed by atoms with Crippen molar-refractivity contribution in [2.75, 3.05) is 6.61 Å². The van der Waals surface area contributed by atoms with Gasteiger partial charge in [0.1, 0.15) is 0 Å². The summed E-state index contributed by atoms with van der Waals surface area (Å²) >= 11 is 0. The van der Waals surface area contributed by atoms with E-state index in [1.807, 2.05) is 0 Å². The fraction of sp³-hybridized carbons (Fsp3) is 0.929. The Morgan fingerprint density at radius 1 is 1.14 bits per heavy atom. The number of rotatable bonds is 4. The van der Waals surface area contributed by atoms with Crippen molar-refractivity contribution in [1.29, 1.82) is 0 Å². The lowest BCUT2D eigenvalue weighted by Crippen LogP contribution is -2.57. The molecular formula is C14H20F2O5S. The van der Waals surface area contributed by atoms with Gasteiger partial charge in [0, 0.05) is 0 Å². The smallest absolute Gasteiger partial charge is 0.374 e. The molecule has 3 N–H and O–H groups in total. The molecule has 5 nitrogen and oxygen atoms in total. The van der Waals surface area contributed by atoms with Crippen molar-refractivity contribution in [3.8, 4) is 0 Å². The summed E-state index contributed by atoms with van der Waals surface area (Å²) in [5.41, 5.74) is -0.712. The third kappa shape index (κ3) is 1.67. The Morgan fingerprint density at radius 3 is 2.50 bits per heavy atom. The van der Waals surface area contributed by atoms with Crippen LogP contribution >= 0.6 is 10.9 Å². The first-order valence-corrected chi connectivity index (χ1v) is 9.15. The molecule has 4 aliphatic carbocycles. The number of hydrogen-bond donors (Lipinski definition) is 3. The molecule has 4 aliphatic rings. The molecule has 0 heterocycles. The summed E-state index contributed by atoms with van der Waals surface area (Å²) in [5, 5.41) is -4.23. The second-order valence-electron chi connectivity index (χ2n) is 7.69. The Bertz CT molecular complexity index is 530. The van der Waals surface area contributed by atoms with Gasteiger partial charge in [-0.05, 0) is 61.7 Å². The lowest BCUT2D eigenvalue weighted by molar-refractivity contribution is -0.191. The highest BCUT2D eigenvalue weighted by atomic mass is 32.3. The van der Waals surface area contributed by atoms with E-state index in [9.17, 15) is 13.6 Å². The van der Waals surface area contributed by atoms with Crippen molar-refractivity contribution in [3.05, 3.63) is 0 Å². The van der Waals surface area contributed by atoms with Gasteiger partial charge in [0.15, 0.2) is 17.5 Å². The summed E-state index contributed by atoms with van der Waals surface area (Å²) < 4.78 is 57.6. The molecule has 0 aromatic rings. The molecule has 0 aromatic heterocycles. The van der Waals surface area contributed by atoms with Gasteiger partial charge in [-0.2, -0.15) is 8.78 Å². The van der Waals surface area contributed by atoms with Crippen LogP contribution in [0.5, 0.6) is 0 Å². The zero-order valence-corrected chi connectivity index (χ0v) is 12.8. The number of alkyl halides is 2. The van der Waals surface area contributed by atoms with Crippen LogP contribution in [-0.2, 0) is 9.53 Å². The van der Waals surface area contributed by atoms with Gasteiger partial charge in [0.2, 0.25) is 0 Å². The molecule has 4 saturated carbocycles. The third-order valence-electron chi connectivity index (χ3n) is 6.72. The third-order valence-corrected chi connectivity index (χ3v) is 7.64. The molecule has 4 rings (SSSR count). The maximum absolute atomic E-state index is 13.4. The summed E-state index contributed by atoms with van der Waals surface area (Å²) in [4.78, 5) is 12.5. The maximum Gasteiger partial charge on any atom is 0.374 e. The predicted octanol–water partition coefficient (Wildman–Crippen LogP) is 3.56. The minimum atomic E-state index is -5.07. The summed E-state index contributed by atoms with van der Waals surface area (Å²) in [6.07, 6.45) is 5.67. The van der Waals surface area contributed by atoms with Crippen molar-refractivity contribution in [2.45, 2.75) is 43.8 Å². The van der Waals surface area contributed by atoms with Gasteiger partial charge < -0.3 is 18.4 Å². The van der Waals surface area contributed by atoms with Crippen LogP contribution in [-0.4, -0.2) is 31.5 Å². The van der Waals surface area contributed by atoms with Gasteiger partial charge in [-0.3, -0.25) is 4.79 Å². The topological polar surface area (TPSA) is 87.0 Å². The average Bonchev–Trinajstić information content (AvgIpc) is 2.70. The monoisotopic (exact) mass is 338 g/mol. The summed E-state index contributed by atoms with van der Waals surface area (Å²) in [5.74, 6) is 1.01. The number of hydrogen-bond acceptors (Lipinski definition) is 5. The number of esters is 1. The summed E-state index contributed by atoms with van der Waals surface area (Å²) in [6, 6.07) is 0. The van der Waals surface area contributed by atoms with Gasteiger partial charge in [-0.15, -0.1) is 0 Å². The van der Waals surface area contributed by atoms with Crippen LogP contribution in [0, 0.1) is 28.6 Å². The van der Waals surface area contributed by atoms with Crippen LogP contribution in [0.1, 0.15) is 38.5 Å². The van der Waals surface area contributed by atoms with Crippen molar-refractivity contribution in [2.24, 2.45) is 28.6 Å². The number of carbonyl (C=O) groups is 1. The SMILES string of the molecule is O=C(OCC(F)(F)S(O)(O)O)C12CC3CC4CC(C1)C2(C4)C3. The number of halogens is 2. The minimum Gasteiger partial charge on any atom is -0.458 e. The standard InChI is InChI=1S/C14H20F2O5S/c15-14(16,22(18,19)20)7-21-11(17)13-5-9-1-8-2-10(6-13)12(13,3-8)4-9/h8-10,18-20H,1-7H2. The van der Waals surface area contributed by atoms with E-state index in [2.05, 4.69) is 0 Å². The molecule has 8 heteroatoms. The normalized spacial score (nSPS) is 46.3. The van der Waals surface area contributed by atoms with Crippen molar-refractivity contribution in [1.82, 2.24) is 0 Å². The molecule has 5 atom stereocenters. The van der Waals surface area contributed by atoms with E-state index in [1.165, 1.54) is 0 Å². The largest absolute Gasteiger partial charge is 0.458 e. The first-order valence-electron chi connectivity index (χ1n) is 7.65. The highest BCUT2D eigenvalue weighted by Crippen LogP contribution is 2.81. The highest BCUT2D eigenvalue weighted by Gasteiger charge is 2.77. The molecule has 0 saturated heterocycles. The van der Waals surface area contributed by atoms with E-state index >= 15 is 0 Å². The maximum atomic E-state index is 13.4. The Morgan fingerprint density at radius 2 is 1.82 bits per heavy atom. The van der Waals surface area contributed by atoms with Crippen molar-refractivity contribution in [3.63, 3.8) is 0 Å². The summed E-state index contributed by atoms with van der Waals surface area (Å²) in [7, 11) is -5.07.